The first-order valence-electron chi connectivity index (χ1n) is 6.73. The van der Waals surface area contributed by atoms with Gasteiger partial charge in [0.25, 0.3) is 0 Å². The highest BCUT2D eigenvalue weighted by molar-refractivity contribution is 5.89. The maximum absolute atomic E-state index is 11.9. The largest absolute Gasteiger partial charge is 0.314 e. The molecule has 100 valence electrons. The number of carbonyl (C=O) groups excluding carboxylic acids is 1. The maximum atomic E-state index is 11.9. The van der Waals surface area contributed by atoms with E-state index < -0.39 is 0 Å². The zero-order valence-corrected chi connectivity index (χ0v) is 11.1. The molecule has 1 fully saturated rings. The van der Waals surface area contributed by atoms with Gasteiger partial charge in [-0.2, -0.15) is 5.10 Å². The second kappa shape index (κ2) is 6.00. The van der Waals surface area contributed by atoms with Crippen LogP contribution in [0.4, 0.5) is 5.82 Å². The van der Waals surface area contributed by atoms with Crippen molar-refractivity contribution in [2.24, 2.45) is 0 Å². The molecular formula is C13H22N4O. The van der Waals surface area contributed by atoms with E-state index in [1.807, 2.05) is 24.6 Å². The molecule has 5 heteroatoms. The summed E-state index contributed by atoms with van der Waals surface area (Å²) in [5.74, 6) is 0.862. The summed E-state index contributed by atoms with van der Waals surface area (Å²) in [5.41, 5.74) is 0. The summed E-state index contributed by atoms with van der Waals surface area (Å²) >= 11 is 0. The van der Waals surface area contributed by atoms with E-state index in [1.165, 1.54) is 12.8 Å². The molecule has 2 rings (SSSR count). The third-order valence-corrected chi connectivity index (χ3v) is 3.31. The number of aromatic nitrogens is 2. The summed E-state index contributed by atoms with van der Waals surface area (Å²) in [5, 5.41) is 10.5. The number of anilines is 1. The Labute approximate surface area is 108 Å². The highest BCUT2D eigenvalue weighted by Crippen LogP contribution is 2.15. The molecule has 2 N–H and O–H groups in total. The minimum atomic E-state index is 0.0751. The lowest BCUT2D eigenvalue weighted by Gasteiger charge is -2.13. The summed E-state index contributed by atoms with van der Waals surface area (Å²) in [4.78, 5) is 11.9. The van der Waals surface area contributed by atoms with Crippen LogP contribution in [0.3, 0.4) is 0 Å². The Bertz CT molecular complexity index is 393. The zero-order chi connectivity index (χ0) is 13.0. The lowest BCUT2D eigenvalue weighted by Crippen LogP contribution is -2.24. The molecule has 1 atom stereocenters. The van der Waals surface area contributed by atoms with Gasteiger partial charge in [-0.05, 0) is 39.7 Å². The normalized spacial score (nSPS) is 19.4. The predicted molar refractivity (Wildman–Crippen MR) is 71.5 cm³/mol. The first-order chi connectivity index (χ1) is 8.66. The fourth-order valence-corrected chi connectivity index (χ4v) is 2.34. The molecule has 1 saturated heterocycles. The van der Waals surface area contributed by atoms with Gasteiger partial charge in [-0.3, -0.25) is 4.79 Å². The maximum Gasteiger partial charge on any atom is 0.225 e. The van der Waals surface area contributed by atoms with Gasteiger partial charge in [-0.15, -0.1) is 0 Å². The summed E-state index contributed by atoms with van der Waals surface area (Å²) in [6.45, 7) is 5.18. The number of amides is 1. The Hall–Kier alpha value is -1.36. The number of nitrogens with one attached hydrogen (secondary N) is 2. The van der Waals surface area contributed by atoms with Crippen molar-refractivity contribution in [3.8, 4) is 0 Å². The highest BCUT2D eigenvalue weighted by Gasteiger charge is 2.16. The van der Waals surface area contributed by atoms with Crippen LogP contribution in [0.5, 0.6) is 0 Å². The molecule has 0 spiro atoms. The van der Waals surface area contributed by atoms with Crippen LogP contribution in [0.1, 0.15) is 45.6 Å². The summed E-state index contributed by atoms with van der Waals surface area (Å²) in [7, 11) is 0. The molecule has 18 heavy (non-hydrogen) atoms. The molecule has 0 bridgehead atoms. The molecule has 1 amide bonds. The van der Waals surface area contributed by atoms with E-state index in [1.54, 1.807) is 6.20 Å². The Morgan fingerprint density at radius 2 is 2.50 bits per heavy atom. The van der Waals surface area contributed by atoms with E-state index in [0.717, 1.165) is 18.8 Å². The van der Waals surface area contributed by atoms with Crippen molar-refractivity contribution in [1.82, 2.24) is 15.1 Å². The second-order valence-electron chi connectivity index (χ2n) is 5.13. The van der Waals surface area contributed by atoms with Crippen molar-refractivity contribution in [2.75, 3.05) is 11.9 Å². The van der Waals surface area contributed by atoms with Gasteiger partial charge in [-0.1, -0.05) is 0 Å². The summed E-state index contributed by atoms with van der Waals surface area (Å²) < 4.78 is 1.83. The van der Waals surface area contributed by atoms with Crippen LogP contribution in [0, 0.1) is 0 Å². The van der Waals surface area contributed by atoms with Gasteiger partial charge in [0.1, 0.15) is 5.82 Å². The Kier molecular flexibility index (Phi) is 4.36. The molecule has 1 aliphatic rings. The third-order valence-electron chi connectivity index (χ3n) is 3.31. The van der Waals surface area contributed by atoms with Gasteiger partial charge in [0.15, 0.2) is 0 Å². The van der Waals surface area contributed by atoms with Crippen LogP contribution in [0.25, 0.3) is 0 Å². The number of nitrogens with zero attached hydrogens (tertiary/aromatic N) is 2. The Balaban J connectivity index is 1.81. The first-order valence-corrected chi connectivity index (χ1v) is 6.73. The van der Waals surface area contributed by atoms with E-state index in [9.17, 15) is 4.79 Å². The second-order valence-corrected chi connectivity index (χ2v) is 5.13. The Morgan fingerprint density at radius 1 is 1.67 bits per heavy atom. The molecule has 0 radical (unpaired) electrons. The van der Waals surface area contributed by atoms with Gasteiger partial charge in [-0.25, -0.2) is 4.68 Å². The number of rotatable bonds is 5. The average molecular weight is 250 g/mol. The van der Waals surface area contributed by atoms with Crippen LogP contribution in [0.2, 0.25) is 0 Å². The van der Waals surface area contributed by atoms with Crippen molar-refractivity contribution in [1.29, 1.82) is 0 Å². The van der Waals surface area contributed by atoms with Crippen LogP contribution in [-0.2, 0) is 4.79 Å². The van der Waals surface area contributed by atoms with Crippen molar-refractivity contribution in [2.45, 2.75) is 51.6 Å². The molecule has 0 aromatic carbocycles. The molecule has 2 heterocycles. The molecule has 0 aliphatic carbocycles. The fraction of sp³-hybridized carbons (Fsp3) is 0.692. The van der Waals surface area contributed by atoms with Crippen LogP contribution in [0.15, 0.2) is 12.3 Å². The lowest BCUT2D eigenvalue weighted by molar-refractivity contribution is -0.116. The smallest absolute Gasteiger partial charge is 0.225 e. The van der Waals surface area contributed by atoms with Crippen LogP contribution >= 0.6 is 0 Å². The lowest BCUT2D eigenvalue weighted by atomic mass is 10.1. The predicted octanol–water partition coefficient (Wildman–Crippen LogP) is 1.93. The SMILES string of the molecule is CC(C)n1nccc1NC(=O)CCC1CCCN1. The molecule has 5 nitrogen and oxygen atoms in total. The van der Waals surface area contributed by atoms with Gasteiger partial charge in [0.05, 0.1) is 6.20 Å². The van der Waals surface area contributed by atoms with E-state index in [0.29, 0.717) is 12.5 Å². The van der Waals surface area contributed by atoms with E-state index in [-0.39, 0.29) is 11.9 Å². The van der Waals surface area contributed by atoms with Gasteiger partial charge < -0.3 is 10.6 Å². The number of hydrogen-bond acceptors (Lipinski definition) is 3. The quantitative estimate of drug-likeness (QED) is 0.839. The topological polar surface area (TPSA) is 59.0 Å². The average Bonchev–Trinajstić information content (AvgIpc) is 2.96. The minimum absolute atomic E-state index is 0.0751. The number of carbonyl (C=O) groups is 1. The monoisotopic (exact) mass is 250 g/mol. The van der Waals surface area contributed by atoms with Crippen LogP contribution in [-0.4, -0.2) is 28.3 Å². The minimum Gasteiger partial charge on any atom is -0.314 e. The highest BCUT2D eigenvalue weighted by atomic mass is 16.1. The standard InChI is InChI=1S/C13H22N4O/c1-10(2)17-12(7-9-15-17)16-13(18)6-5-11-4-3-8-14-11/h7,9-11,14H,3-6,8H2,1-2H3,(H,16,18). The fourth-order valence-electron chi connectivity index (χ4n) is 2.34. The molecule has 1 aromatic rings. The van der Waals surface area contributed by atoms with E-state index in [2.05, 4.69) is 15.7 Å². The van der Waals surface area contributed by atoms with Gasteiger partial charge >= 0.3 is 0 Å². The molecule has 1 aromatic heterocycles. The molecular weight excluding hydrogens is 228 g/mol. The Morgan fingerprint density at radius 3 is 3.17 bits per heavy atom. The van der Waals surface area contributed by atoms with Gasteiger partial charge in [0, 0.05) is 24.6 Å². The summed E-state index contributed by atoms with van der Waals surface area (Å²) in [6, 6.07) is 2.61. The third kappa shape index (κ3) is 3.32. The van der Waals surface area contributed by atoms with Crippen molar-refractivity contribution < 1.29 is 4.79 Å². The zero-order valence-electron chi connectivity index (χ0n) is 11.1. The van der Waals surface area contributed by atoms with Crippen LogP contribution < -0.4 is 10.6 Å². The number of hydrogen-bond donors (Lipinski definition) is 2. The molecule has 0 saturated carbocycles. The van der Waals surface area contributed by atoms with Crippen molar-refractivity contribution >= 4 is 11.7 Å². The molecule has 1 unspecified atom stereocenters. The summed E-state index contributed by atoms with van der Waals surface area (Å²) in [6.07, 6.45) is 5.63. The van der Waals surface area contributed by atoms with E-state index >= 15 is 0 Å². The van der Waals surface area contributed by atoms with Gasteiger partial charge in [0.2, 0.25) is 5.91 Å². The van der Waals surface area contributed by atoms with Crippen molar-refractivity contribution in [3.63, 3.8) is 0 Å². The molecule has 1 aliphatic heterocycles. The first kappa shape index (κ1) is 13.1. The van der Waals surface area contributed by atoms with E-state index in [4.69, 9.17) is 0 Å². The van der Waals surface area contributed by atoms with Crippen molar-refractivity contribution in [3.05, 3.63) is 12.3 Å².